The smallest absolute Gasteiger partial charge is 0.146 e. The minimum absolute atomic E-state index is 0.219. The van der Waals surface area contributed by atoms with Crippen molar-refractivity contribution in [3.8, 4) is 5.75 Å². The van der Waals surface area contributed by atoms with Gasteiger partial charge >= 0.3 is 0 Å². The molecule has 0 aromatic heterocycles. The van der Waals surface area contributed by atoms with Crippen LogP contribution in [0.5, 0.6) is 5.75 Å². The van der Waals surface area contributed by atoms with Gasteiger partial charge in [-0.3, -0.25) is 0 Å². The summed E-state index contributed by atoms with van der Waals surface area (Å²) in [6, 6.07) is 12.5. The molecule has 0 unspecified atom stereocenters. The van der Waals surface area contributed by atoms with Crippen molar-refractivity contribution in [1.29, 1.82) is 0 Å². The van der Waals surface area contributed by atoms with Crippen LogP contribution in [0.25, 0.3) is 0 Å². The van der Waals surface area contributed by atoms with Gasteiger partial charge in [-0.2, -0.15) is 0 Å². The summed E-state index contributed by atoms with van der Waals surface area (Å²) < 4.78 is 19.9. The Morgan fingerprint density at radius 3 is 2.63 bits per heavy atom. The SMILES string of the molecule is COc1ccc(Br)c(CN(C)c2ccccc2F)c1. The molecule has 0 saturated carbocycles. The molecule has 0 N–H and O–H groups in total. The lowest BCUT2D eigenvalue weighted by atomic mass is 10.2. The van der Waals surface area contributed by atoms with Gasteiger partial charge in [-0.25, -0.2) is 4.39 Å². The van der Waals surface area contributed by atoms with E-state index in [1.165, 1.54) is 6.07 Å². The molecule has 0 atom stereocenters. The maximum Gasteiger partial charge on any atom is 0.146 e. The number of halogens is 2. The number of nitrogens with zero attached hydrogens (tertiary/aromatic N) is 1. The first kappa shape index (κ1) is 13.9. The van der Waals surface area contributed by atoms with E-state index in [4.69, 9.17) is 4.74 Å². The van der Waals surface area contributed by atoms with E-state index < -0.39 is 0 Å². The van der Waals surface area contributed by atoms with Crippen LogP contribution in [0.4, 0.5) is 10.1 Å². The molecular weight excluding hydrogens is 309 g/mol. The minimum Gasteiger partial charge on any atom is -0.497 e. The third-order valence-electron chi connectivity index (χ3n) is 2.92. The van der Waals surface area contributed by atoms with Crippen LogP contribution in [0.1, 0.15) is 5.56 Å². The Morgan fingerprint density at radius 2 is 1.95 bits per heavy atom. The van der Waals surface area contributed by atoms with Gasteiger partial charge in [0.2, 0.25) is 0 Å². The fourth-order valence-electron chi connectivity index (χ4n) is 1.90. The first-order valence-electron chi connectivity index (χ1n) is 5.90. The lowest BCUT2D eigenvalue weighted by molar-refractivity contribution is 0.414. The van der Waals surface area contributed by atoms with Crippen LogP contribution >= 0.6 is 15.9 Å². The average Bonchev–Trinajstić information content (AvgIpc) is 2.41. The Bertz CT molecular complexity index is 574. The molecule has 0 aliphatic heterocycles. The topological polar surface area (TPSA) is 12.5 Å². The van der Waals surface area contributed by atoms with Crippen molar-refractivity contribution >= 4 is 21.6 Å². The van der Waals surface area contributed by atoms with Crippen LogP contribution < -0.4 is 9.64 Å². The van der Waals surface area contributed by atoms with Crippen LogP contribution in [-0.2, 0) is 6.54 Å². The molecule has 4 heteroatoms. The fraction of sp³-hybridized carbons (Fsp3) is 0.200. The molecule has 0 amide bonds. The predicted octanol–water partition coefficient (Wildman–Crippen LogP) is 4.23. The van der Waals surface area contributed by atoms with Crippen LogP contribution in [0.3, 0.4) is 0 Å². The summed E-state index contributed by atoms with van der Waals surface area (Å²) in [7, 11) is 3.50. The first-order valence-corrected chi connectivity index (χ1v) is 6.69. The van der Waals surface area contributed by atoms with E-state index in [-0.39, 0.29) is 5.82 Å². The van der Waals surface area contributed by atoms with Gasteiger partial charge in [-0.15, -0.1) is 0 Å². The molecule has 2 rings (SSSR count). The molecule has 0 spiro atoms. The monoisotopic (exact) mass is 323 g/mol. The van der Waals surface area contributed by atoms with Gasteiger partial charge in [-0.1, -0.05) is 28.1 Å². The second-order valence-electron chi connectivity index (χ2n) is 4.26. The van der Waals surface area contributed by atoms with E-state index in [0.717, 1.165) is 15.8 Å². The number of rotatable bonds is 4. The Hall–Kier alpha value is -1.55. The van der Waals surface area contributed by atoms with E-state index >= 15 is 0 Å². The zero-order valence-electron chi connectivity index (χ0n) is 10.9. The van der Waals surface area contributed by atoms with Crippen molar-refractivity contribution in [2.45, 2.75) is 6.54 Å². The lowest BCUT2D eigenvalue weighted by Gasteiger charge is -2.21. The standard InChI is InChI=1S/C15H15BrFNO/c1-18(15-6-4-3-5-14(15)17)10-11-9-12(19-2)7-8-13(11)16/h3-9H,10H2,1-2H3. The van der Waals surface area contributed by atoms with Gasteiger partial charge in [0.05, 0.1) is 12.8 Å². The number of hydrogen-bond acceptors (Lipinski definition) is 2. The quantitative estimate of drug-likeness (QED) is 0.834. The number of benzene rings is 2. The van der Waals surface area contributed by atoms with Gasteiger partial charge in [0.15, 0.2) is 0 Å². The molecule has 0 saturated heterocycles. The van der Waals surface area contributed by atoms with E-state index in [0.29, 0.717) is 12.2 Å². The first-order chi connectivity index (χ1) is 9.11. The molecule has 0 bridgehead atoms. The summed E-state index contributed by atoms with van der Waals surface area (Å²) in [5.41, 5.74) is 1.63. The highest BCUT2D eigenvalue weighted by Crippen LogP contribution is 2.26. The normalized spacial score (nSPS) is 10.3. The average molecular weight is 324 g/mol. The van der Waals surface area contributed by atoms with Gasteiger partial charge in [0.1, 0.15) is 11.6 Å². The van der Waals surface area contributed by atoms with E-state index in [1.54, 1.807) is 19.2 Å². The Balaban J connectivity index is 2.24. The van der Waals surface area contributed by atoms with Crippen molar-refractivity contribution in [3.05, 3.63) is 58.3 Å². The summed E-state index contributed by atoms with van der Waals surface area (Å²) in [6.45, 7) is 0.596. The summed E-state index contributed by atoms with van der Waals surface area (Å²) in [4.78, 5) is 1.87. The highest BCUT2D eigenvalue weighted by Gasteiger charge is 2.09. The summed E-state index contributed by atoms with van der Waals surface area (Å²) in [5.74, 6) is 0.573. The molecule has 19 heavy (non-hydrogen) atoms. The maximum atomic E-state index is 13.7. The molecule has 0 radical (unpaired) electrons. The van der Waals surface area contributed by atoms with Crippen molar-refractivity contribution in [3.63, 3.8) is 0 Å². The highest BCUT2D eigenvalue weighted by atomic mass is 79.9. The van der Waals surface area contributed by atoms with Gasteiger partial charge in [0, 0.05) is 18.1 Å². The molecule has 0 aliphatic carbocycles. The number of hydrogen-bond donors (Lipinski definition) is 0. The van der Waals surface area contributed by atoms with Crippen LogP contribution in [0.2, 0.25) is 0 Å². The van der Waals surface area contributed by atoms with Crippen molar-refractivity contribution < 1.29 is 9.13 Å². The minimum atomic E-state index is -0.219. The van der Waals surface area contributed by atoms with Crippen LogP contribution in [-0.4, -0.2) is 14.2 Å². The molecule has 0 fully saturated rings. The van der Waals surface area contributed by atoms with Crippen LogP contribution in [0, 0.1) is 5.82 Å². The van der Waals surface area contributed by atoms with E-state index in [1.807, 2.05) is 36.2 Å². The Labute approximate surface area is 120 Å². The molecule has 100 valence electrons. The number of anilines is 1. The molecular formula is C15H15BrFNO. The van der Waals surface area contributed by atoms with Crippen molar-refractivity contribution in [2.75, 3.05) is 19.1 Å². The van der Waals surface area contributed by atoms with Crippen molar-refractivity contribution in [1.82, 2.24) is 0 Å². The molecule has 2 nitrogen and oxygen atoms in total. The molecule has 2 aromatic rings. The van der Waals surface area contributed by atoms with E-state index in [2.05, 4.69) is 15.9 Å². The predicted molar refractivity (Wildman–Crippen MR) is 79.2 cm³/mol. The second-order valence-corrected chi connectivity index (χ2v) is 5.12. The van der Waals surface area contributed by atoms with Gasteiger partial charge in [0.25, 0.3) is 0 Å². The Morgan fingerprint density at radius 1 is 1.21 bits per heavy atom. The van der Waals surface area contributed by atoms with Crippen LogP contribution in [0.15, 0.2) is 46.9 Å². The number of para-hydroxylation sites is 1. The Kier molecular flexibility index (Phi) is 4.43. The molecule has 2 aromatic carbocycles. The fourth-order valence-corrected chi connectivity index (χ4v) is 2.27. The maximum absolute atomic E-state index is 13.7. The largest absolute Gasteiger partial charge is 0.497 e. The molecule has 0 aliphatic rings. The summed E-state index contributed by atoms with van der Waals surface area (Å²) in [6.07, 6.45) is 0. The zero-order chi connectivity index (χ0) is 13.8. The summed E-state index contributed by atoms with van der Waals surface area (Å²) >= 11 is 3.50. The zero-order valence-corrected chi connectivity index (χ0v) is 12.4. The van der Waals surface area contributed by atoms with E-state index in [9.17, 15) is 4.39 Å². The lowest BCUT2D eigenvalue weighted by Crippen LogP contribution is -2.18. The van der Waals surface area contributed by atoms with Gasteiger partial charge < -0.3 is 9.64 Å². The number of methoxy groups -OCH3 is 1. The number of ether oxygens (including phenoxy) is 1. The van der Waals surface area contributed by atoms with Crippen molar-refractivity contribution in [2.24, 2.45) is 0 Å². The summed E-state index contributed by atoms with van der Waals surface area (Å²) in [5, 5.41) is 0. The molecule has 0 heterocycles. The highest BCUT2D eigenvalue weighted by molar-refractivity contribution is 9.10. The third-order valence-corrected chi connectivity index (χ3v) is 3.70. The van der Waals surface area contributed by atoms with Gasteiger partial charge in [-0.05, 0) is 35.9 Å². The second kappa shape index (κ2) is 6.06. The third kappa shape index (κ3) is 3.26.